The average molecular weight is 295 g/mol. The number of carbonyl (C=O) groups excluding carboxylic acids is 1. The number of ether oxygens (including phenoxy) is 1. The minimum Gasteiger partial charge on any atom is -0.484 e. The molecule has 1 aromatic carbocycles. The average Bonchev–Trinajstić information content (AvgIpc) is 2.45. The minimum atomic E-state index is -0.245. The van der Waals surface area contributed by atoms with Crippen molar-refractivity contribution < 1.29 is 9.53 Å². The van der Waals surface area contributed by atoms with E-state index in [0.717, 1.165) is 25.0 Å². The number of nitrogens with zero attached hydrogens (tertiary/aromatic N) is 1. The van der Waals surface area contributed by atoms with Gasteiger partial charge in [-0.3, -0.25) is 4.79 Å². The normalized spacial score (nSPS) is 20.7. The Morgan fingerprint density at radius 2 is 2.20 bits per heavy atom. The molecule has 0 aliphatic heterocycles. The number of amides is 1. The van der Waals surface area contributed by atoms with E-state index >= 15 is 0 Å². The molecule has 0 heterocycles. The Labute approximate surface area is 124 Å². The molecule has 20 heavy (non-hydrogen) atoms. The van der Waals surface area contributed by atoms with Crippen molar-refractivity contribution in [3.05, 3.63) is 29.3 Å². The van der Waals surface area contributed by atoms with E-state index in [0.29, 0.717) is 16.7 Å². The molecule has 1 saturated carbocycles. The third-order valence-electron chi connectivity index (χ3n) is 3.27. The summed E-state index contributed by atoms with van der Waals surface area (Å²) < 4.78 is 5.34. The summed E-state index contributed by atoms with van der Waals surface area (Å²) in [4.78, 5) is 11.6. The van der Waals surface area contributed by atoms with E-state index in [-0.39, 0.29) is 12.5 Å². The van der Waals surface area contributed by atoms with Gasteiger partial charge in [0, 0.05) is 10.7 Å². The lowest BCUT2D eigenvalue weighted by atomic mass is 9.89. The lowest BCUT2D eigenvalue weighted by Crippen LogP contribution is -2.26. The van der Waals surface area contributed by atoms with Crippen LogP contribution in [0.5, 0.6) is 5.75 Å². The fourth-order valence-corrected chi connectivity index (χ4v) is 2.34. The molecule has 1 aromatic rings. The van der Waals surface area contributed by atoms with E-state index in [2.05, 4.69) is 17.5 Å². The van der Waals surface area contributed by atoms with Gasteiger partial charge in [0.2, 0.25) is 0 Å². The Balaban J connectivity index is 1.75. The summed E-state index contributed by atoms with van der Waals surface area (Å²) in [6.45, 7) is 2.16. The predicted molar refractivity (Wildman–Crippen MR) is 80.2 cm³/mol. The molecule has 0 radical (unpaired) electrons. The number of hydrogen-bond acceptors (Lipinski definition) is 3. The van der Waals surface area contributed by atoms with E-state index in [4.69, 9.17) is 16.3 Å². The molecule has 0 saturated heterocycles. The van der Waals surface area contributed by atoms with E-state index in [1.165, 1.54) is 6.42 Å². The lowest BCUT2D eigenvalue weighted by molar-refractivity contribution is -0.123. The number of rotatable bonds is 4. The molecule has 0 unspecified atom stereocenters. The van der Waals surface area contributed by atoms with Crippen LogP contribution in [-0.2, 0) is 4.79 Å². The molecule has 1 amide bonds. The molecule has 1 N–H and O–H groups in total. The molecule has 1 aliphatic carbocycles. The van der Waals surface area contributed by atoms with E-state index in [1.807, 2.05) is 0 Å². The van der Waals surface area contributed by atoms with Gasteiger partial charge in [-0.2, -0.15) is 5.10 Å². The zero-order valence-corrected chi connectivity index (χ0v) is 12.3. The van der Waals surface area contributed by atoms with Gasteiger partial charge in [-0.1, -0.05) is 18.5 Å². The van der Waals surface area contributed by atoms with Crippen LogP contribution in [-0.4, -0.2) is 18.2 Å². The van der Waals surface area contributed by atoms with Crippen molar-refractivity contribution >= 4 is 23.2 Å². The Morgan fingerprint density at radius 3 is 2.90 bits per heavy atom. The van der Waals surface area contributed by atoms with Gasteiger partial charge in [-0.25, -0.2) is 5.43 Å². The highest BCUT2D eigenvalue weighted by atomic mass is 35.5. The summed E-state index contributed by atoms with van der Waals surface area (Å²) in [7, 11) is 0. The second-order valence-corrected chi connectivity index (χ2v) is 5.59. The van der Waals surface area contributed by atoms with Crippen molar-refractivity contribution in [3.63, 3.8) is 0 Å². The number of benzene rings is 1. The van der Waals surface area contributed by atoms with Crippen LogP contribution in [0.1, 0.15) is 32.6 Å². The molecule has 1 atom stereocenters. The van der Waals surface area contributed by atoms with Crippen molar-refractivity contribution in [2.45, 2.75) is 32.6 Å². The molecule has 2 rings (SSSR count). The van der Waals surface area contributed by atoms with Crippen LogP contribution in [0, 0.1) is 5.92 Å². The van der Waals surface area contributed by atoms with E-state index in [9.17, 15) is 4.79 Å². The predicted octanol–water partition coefficient (Wildman–Crippen LogP) is 3.40. The largest absolute Gasteiger partial charge is 0.484 e. The van der Waals surface area contributed by atoms with Gasteiger partial charge in [0.15, 0.2) is 6.61 Å². The Bertz CT molecular complexity index is 485. The van der Waals surface area contributed by atoms with Gasteiger partial charge in [0.1, 0.15) is 5.75 Å². The minimum absolute atomic E-state index is 0.0477. The first-order chi connectivity index (χ1) is 9.63. The first-order valence-electron chi connectivity index (χ1n) is 6.86. The Kier molecular flexibility index (Phi) is 5.41. The molecule has 1 aliphatic rings. The number of nitrogens with one attached hydrogen (secondary N) is 1. The zero-order valence-electron chi connectivity index (χ0n) is 11.6. The van der Waals surface area contributed by atoms with Gasteiger partial charge < -0.3 is 4.74 Å². The summed E-state index contributed by atoms with van der Waals surface area (Å²) >= 11 is 5.77. The topological polar surface area (TPSA) is 50.7 Å². The van der Waals surface area contributed by atoms with Gasteiger partial charge in [0.25, 0.3) is 5.91 Å². The monoisotopic (exact) mass is 294 g/mol. The van der Waals surface area contributed by atoms with Crippen LogP contribution in [0.4, 0.5) is 0 Å². The van der Waals surface area contributed by atoms with Crippen molar-refractivity contribution in [1.29, 1.82) is 0 Å². The second-order valence-electron chi connectivity index (χ2n) is 5.16. The van der Waals surface area contributed by atoms with Crippen molar-refractivity contribution in [3.8, 4) is 5.75 Å². The molecule has 4 nitrogen and oxygen atoms in total. The molecule has 0 spiro atoms. The van der Waals surface area contributed by atoms with Crippen LogP contribution >= 0.6 is 11.6 Å². The molecular formula is C15H19ClN2O2. The van der Waals surface area contributed by atoms with Crippen molar-refractivity contribution in [1.82, 2.24) is 5.43 Å². The highest BCUT2D eigenvalue weighted by Gasteiger charge is 2.14. The first kappa shape index (κ1) is 14.9. The van der Waals surface area contributed by atoms with Gasteiger partial charge in [-0.15, -0.1) is 0 Å². The third-order valence-corrected chi connectivity index (χ3v) is 3.52. The maximum atomic E-state index is 11.6. The molecule has 0 bridgehead atoms. The quantitative estimate of drug-likeness (QED) is 0.865. The number of hydrazone groups is 1. The van der Waals surface area contributed by atoms with E-state index < -0.39 is 0 Å². The molecular weight excluding hydrogens is 276 g/mol. The van der Waals surface area contributed by atoms with Gasteiger partial charge in [-0.05, 0) is 55.9 Å². The van der Waals surface area contributed by atoms with Crippen molar-refractivity contribution in [2.24, 2.45) is 11.0 Å². The fourth-order valence-electron chi connectivity index (χ4n) is 2.22. The molecule has 1 fully saturated rings. The second kappa shape index (κ2) is 7.29. The van der Waals surface area contributed by atoms with Crippen LogP contribution < -0.4 is 10.2 Å². The summed E-state index contributed by atoms with van der Waals surface area (Å²) in [6, 6.07) is 6.89. The number of hydrogen-bond donors (Lipinski definition) is 1. The SMILES string of the molecule is C[C@@H]1CCCC(=NNC(=O)COc2ccc(Cl)cc2)C1. The fraction of sp³-hybridized carbons (Fsp3) is 0.467. The Morgan fingerprint density at radius 1 is 1.45 bits per heavy atom. The van der Waals surface area contributed by atoms with Gasteiger partial charge >= 0.3 is 0 Å². The summed E-state index contributed by atoms with van der Waals surface area (Å²) in [6.07, 6.45) is 4.34. The summed E-state index contributed by atoms with van der Waals surface area (Å²) in [5.74, 6) is 1.03. The maximum Gasteiger partial charge on any atom is 0.277 e. The highest BCUT2D eigenvalue weighted by Crippen LogP contribution is 2.20. The third kappa shape index (κ3) is 4.85. The summed E-state index contributed by atoms with van der Waals surface area (Å²) in [5.41, 5.74) is 3.63. The van der Waals surface area contributed by atoms with Gasteiger partial charge in [0.05, 0.1) is 0 Å². The molecule has 5 heteroatoms. The molecule has 0 aromatic heterocycles. The number of carbonyl (C=O) groups is 1. The Hall–Kier alpha value is -1.55. The van der Waals surface area contributed by atoms with Crippen molar-refractivity contribution in [2.75, 3.05) is 6.61 Å². The lowest BCUT2D eigenvalue weighted by Gasteiger charge is -2.18. The van der Waals surface area contributed by atoms with Crippen LogP contribution in [0.25, 0.3) is 0 Å². The zero-order chi connectivity index (χ0) is 14.4. The molecule has 108 valence electrons. The smallest absolute Gasteiger partial charge is 0.277 e. The van der Waals surface area contributed by atoms with E-state index in [1.54, 1.807) is 24.3 Å². The standard InChI is InChI=1S/C15H19ClN2O2/c1-11-3-2-4-13(9-11)17-18-15(19)10-20-14-7-5-12(16)6-8-14/h5-8,11H,2-4,9-10H2,1H3,(H,18,19)/t11-/m1/s1. The van der Waals surface area contributed by atoms with Crippen LogP contribution in [0.2, 0.25) is 5.02 Å². The summed E-state index contributed by atoms with van der Waals surface area (Å²) in [5, 5.41) is 4.81. The number of halogens is 1. The highest BCUT2D eigenvalue weighted by molar-refractivity contribution is 6.30. The maximum absolute atomic E-state index is 11.6. The van der Waals surface area contributed by atoms with Crippen LogP contribution in [0.3, 0.4) is 0 Å². The van der Waals surface area contributed by atoms with Crippen LogP contribution in [0.15, 0.2) is 29.4 Å². The first-order valence-corrected chi connectivity index (χ1v) is 7.24.